The van der Waals surface area contributed by atoms with Crippen molar-refractivity contribution < 1.29 is 5.21 Å². The zero-order valence-corrected chi connectivity index (χ0v) is 8.07. The van der Waals surface area contributed by atoms with Crippen LogP contribution in [0.4, 0.5) is 0 Å². The second-order valence-electron chi connectivity index (χ2n) is 3.68. The van der Waals surface area contributed by atoms with Gasteiger partial charge in [0.15, 0.2) is 0 Å². The molecule has 0 atom stereocenters. The largest absolute Gasteiger partial charge is 0.427 e. The first-order chi connectivity index (χ1) is 5.52. The molecule has 12 heavy (non-hydrogen) atoms. The second kappa shape index (κ2) is 3.17. The van der Waals surface area contributed by atoms with Crippen molar-refractivity contribution in [2.24, 2.45) is 0 Å². The normalized spacial score (nSPS) is 11.5. The highest BCUT2D eigenvalue weighted by Crippen LogP contribution is 2.17. The number of hydrogen-bond donors (Lipinski definition) is 1. The monoisotopic (exact) mass is 168 g/mol. The van der Waals surface area contributed by atoms with Crippen molar-refractivity contribution in [3.8, 4) is 0 Å². The first-order valence-corrected chi connectivity index (χ1v) is 4.30. The molecule has 0 saturated heterocycles. The van der Waals surface area contributed by atoms with E-state index in [1.807, 2.05) is 13.8 Å². The molecule has 0 bridgehead atoms. The van der Waals surface area contributed by atoms with Crippen LogP contribution in [-0.4, -0.2) is 14.9 Å². The number of hydrogen-bond acceptors (Lipinski definition) is 2. The van der Waals surface area contributed by atoms with Crippen molar-refractivity contribution in [2.45, 2.75) is 39.5 Å². The molecule has 3 heteroatoms. The summed E-state index contributed by atoms with van der Waals surface area (Å²) < 4.78 is 1.12. The van der Waals surface area contributed by atoms with E-state index in [4.69, 9.17) is 0 Å². The first-order valence-electron chi connectivity index (χ1n) is 4.30. The van der Waals surface area contributed by atoms with Crippen LogP contribution >= 0.6 is 0 Å². The average Bonchev–Trinajstić information content (AvgIpc) is 2.30. The lowest BCUT2D eigenvalue weighted by molar-refractivity contribution is 0.172. The predicted octanol–water partition coefficient (Wildman–Crippen LogP) is 2.37. The Morgan fingerprint density at radius 1 is 1.25 bits per heavy atom. The molecule has 0 radical (unpaired) electrons. The zero-order valence-electron chi connectivity index (χ0n) is 8.07. The van der Waals surface area contributed by atoms with E-state index in [1.165, 1.54) is 0 Å². The molecule has 1 rings (SSSR count). The number of aromatic nitrogens is 2. The minimum Gasteiger partial charge on any atom is -0.427 e. The summed E-state index contributed by atoms with van der Waals surface area (Å²) in [4.78, 5) is 4.32. The molecule has 0 aliphatic rings. The Morgan fingerprint density at radius 2 is 1.83 bits per heavy atom. The van der Waals surface area contributed by atoms with E-state index in [-0.39, 0.29) is 5.92 Å². The summed E-state index contributed by atoms with van der Waals surface area (Å²) in [6.45, 7) is 8.15. The minimum absolute atomic E-state index is 0.266. The van der Waals surface area contributed by atoms with E-state index in [9.17, 15) is 5.21 Å². The fourth-order valence-electron chi connectivity index (χ4n) is 1.08. The summed E-state index contributed by atoms with van der Waals surface area (Å²) in [7, 11) is 0. The van der Waals surface area contributed by atoms with Crippen LogP contribution in [0.3, 0.4) is 0 Å². The Labute approximate surface area is 73.0 Å². The standard InChI is InChI=1S/C9H16N2O/c1-6(2)8-5-11(12)9(10-8)7(3)4/h5-7,12H,1-4H3. The third-order valence-electron chi connectivity index (χ3n) is 1.84. The van der Waals surface area contributed by atoms with Gasteiger partial charge in [-0.2, -0.15) is 4.73 Å². The molecule has 0 fully saturated rings. The molecular formula is C9H16N2O. The van der Waals surface area contributed by atoms with Gasteiger partial charge in [0.2, 0.25) is 0 Å². The highest BCUT2D eigenvalue weighted by Gasteiger charge is 2.12. The van der Waals surface area contributed by atoms with Crippen LogP contribution in [0.25, 0.3) is 0 Å². The van der Waals surface area contributed by atoms with Crippen LogP contribution in [0.2, 0.25) is 0 Å². The van der Waals surface area contributed by atoms with Gasteiger partial charge in [0, 0.05) is 5.92 Å². The van der Waals surface area contributed by atoms with E-state index in [0.717, 1.165) is 16.2 Å². The first kappa shape index (κ1) is 9.10. The van der Waals surface area contributed by atoms with Gasteiger partial charge in [-0.05, 0) is 5.92 Å². The number of imidazole rings is 1. The molecule has 3 nitrogen and oxygen atoms in total. The Morgan fingerprint density at radius 3 is 2.08 bits per heavy atom. The van der Waals surface area contributed by atoms with E-state index >= 15 is 0 Å². The summed E-state index contributed by atoms with van der Waals surface area (Å²) in [5.74, 6) is 1.37. The summed E-state index contributed by atoms with van der Waals surface area (Å²) >= 11 is 0. The fraction of sp³-hybridized carbons (Fsp3) is 0.667. The summed E-state index contributed by atoms with van der Waals surface area (Å²) in [6.07, 6.45) is 1.68. The van der Waals surface area contributed by atoms with Gasteiger partial charge in [0.1, 0.15) is 5.82 Å². The number of rotatable bonds is 2. The quantitative estimate of drug-likeness (QED) is 0.688. The Kier molecular flexibility index (Phi) is 2.40. The van der Waals surface area contributed by atoms with Gasteiger partial charge in [0.05, 0.1) is 11.9 Å². The maximum Gasteiger partial charge on any atom is 0.147 e. The van der Waals surface area contributed by atoms with Crippen molar-refractivity contribution in [1.82, 2.24) is 9.71 Å². The van der Waals surface area contributed by atoms with Crippen LogP contribution in [0, 0.1) is 0 Å². The van der Waals surface area contributed by atoms with Crippen molar-refractivity contribution >= 4 is 0 Å². The van der Waals surface area contributed by atoms with Crippen LogP contribution in [0.5, 0.6) is 0 Å². The van der Waals surface area contributed by atoms with Crippen molar-refractivity contribution in [2.75, 3.05) is 0 Å². The topological polar surface area (TPSA) is 38.0 Å². The molecule has 0 amide bonds. The molecular weight excluding hydrogens is 152 g/mol. The van der Waals surface area contributed by atoms with Gasteiger partial charge >= 0.3 is 0 Å². The van der Waals surface area contributed by atoms with E-state index in [2.05, 4.69) is 18.8 Å². The molecule has 0 aliphatic heterocycles. The Hall–Kier alpha value is -0.990. The van der Waals surface area contributed by atoms with Gasteiger partial charge in [-0.1, -0.05) is 27.7 Å². The van der Waals surface area contributed by atoms with E-state index in [0.29, 0.717) is 5.92 Å². The molecule has 0 saturated carbocycles. The SMILES string of the molecule is CC(C)c1cn(O)c(C(C)C)n1. The van der Waals surface area contributed by atoms with Crippen LogP contribution in [-0.2, 0) is 0 Å². The lowest BCUT2D eigenvalue weighted by atomic mass is 10.1. The summed E-state index contributed by atoms with van der Waals surface area (Å²) in [6, 6.07) is 0. The molecule has 1 heterocycles. The molecule has 1 N–H and O–H groups in total. The van der Waals surface area contributed by atoms with Crippen LogP contribution < -0.4 is 0 Å². The highest BCUT2D eigenvalue weighted by molar-refractivity contribution is 5.08. The highest BCUT2D eigenvalue weighted by atomic mass is 16.5. The summed E-state index contributed by atoms with van der Waals surface area (Å²) in [5, 5.41) is 9.40. The van der Waals surface area contributed by atoms with Crippen molar-refractivity contribution in [3.05, 3.63) is 17.7 Å². The van der Waals surface area contributed by atoms with Gasteiger partial charge in [-0.15, -0.1) is 0 Å². The minimum atomic E-state index is 0.266. The third-order valence-corrected chi connectivity index (χ3v) is 1.84. The molecule has 0 unspecified atom stereocenters. The van der Waals surface area contributed by atoms with Gasteiger partial charge in [-0.3, -0.25) is 0 Å². The molecule has 68 valence electrons. The van der Waals surface area contributed by atoms with Crippen molar-refractivity contribution in [1.29, 1.82) is 0 Å². The molecule has 0 spiro atoms. The maximum atomic E-state index is 9.40. The second-order valence-corrected chi connectivity index (χ2v) is 3.68. The molecule has 0 aliphatic carbocycles. The van der Waals surface area contributed by atoms with Crippen LogP contribution in [0.1, 0.15) is 51.0 Å². The Bertz CT molecular complexity index is 263. The fourth-order valence-corrected chi connectivity index (χ4v) is 1.08. The van der Waals surface area contributed by atoms with E-state index < -0.39 is 0 Å². The molecule has 0 aromatic carbocycles. The Balaban J connectivity index is 3.00. The third kappa shape index (κ3) is 1.60. The van der Waals surface area contributed by atoms with E-state index in [1.54, 1.807) is 6.20 Å². The zero-order chi connectivity index (χ0) is 9.30. The molecule has 1 aromatic rings. The van der Waals surface area contributed by atoms with Gasteiger partial charge in [-0.25, -0.2) is 4.98 Å². The smallest absolute Gasteiger partial charge is 0.147 e. The van der Waals surface area contributed by atoms with Gasteiger partial charge < -0.3 is 5.21 Å². The van der Waals surface area contributed by atoms with Gasteiger partial charge in [0.25, 0.3) is 0 Å². The summed E-state index contributed by atoms with van der Waals surface area (Å²) in [5.41, 5.74) is 0.946. The van der Waals surface area contributed by atoms with Crippen LogP contribution in [0.15, 0.2) is 6.20 Å². The van der Waals surface area contributed by atoms with Crippen molar-refractivity contribution in [3.63, 3.8) is 0 Å². The lowest BCUT2D eigenvalue weighted by Gasteiger charge is -2.01. The lowest BCUT2D eigenvalue weighted by Crippen LogP contribution is -1.99. The average molecular weight is 168 g/mol. The number of nitrogens with zero attached hydrogens (tertiary/aromatic N) is 2. The molecule has 1 aromatic heterocycles. The maximum absolute atomic E-state index is 9.40. The predicted molar refractivity (Wildman–Crippen MR) is 47.6 cm³/mol.